The third-order valence-electron chi connectivity index (χ3n) is 2.99. The van der Waals surface area contributed by atoms with Crippen LogP contribution in [0.1, 0.15) is 5.56 Å². The second-order valence-electron chi connectivity index (χ2n) is 4.54. The number of anilines is 1. The normalized spacial score (nSPS) is 19.5. The van der Waals surface area contributed by atoms with Gasteiger partial charge in [0.05, 0.1) is 16.8 Å². The van der Waals surface area contributed by atoms with Crippen LogP contribution in [-0.2, 0) is 9.53 Å². The number of nitrogens with one attached hydrogen (secondary N) is 2. The van der Waals surface area contributed by atoms with Gasteiger partial charge >= 0.3 is 0 Å². The number of aromatic nitrogens is 1. The number of rotatable bonds is 2. The molecular weight excluding hydrogens is 262 g/mol. The maximum atomic E-state index is 12.0. The molecule has 1 atom stereocenters. The molecule has 0 aliphatic carbocycles. The van der Waals surface area contributed by atoms with Gasteiger partial charge in [-0.1, -0.05) is 17.4 Å². The van der Waals surface area contributed by atoms with E-state index in [0.29, 0.717) is 18.3 Å². The number of hydrogen-bond donors (Lipinski definition) is 2. The fourth-order valence-electron chi connectivity index (χ4n) is 2.01. The van der Waals surface area contributed by atoms with Crippen molar-refractivity contribution in [2.45, 2.75) is 13.0 Å². The summed E-state index contributed by atoms with van der Waals surface area (Å²) in [5, 5.41) is 6.58. The van der Waals surface area contributed by atoms with Gasteiger partial charge in [-0.2, -0.15) is 0 Å². The Morgan fingerprint density at radius 1 is 1.58 bits per heavy atom. The summed E-state index contributed by atoms with van der Waals surface area (Å²) in [5.74, 6) is -0.136. The number of amides is 1. The molecule has 1 aromatic heterocycles. The number of thiazole rings is 1. The van der Waals surface area contributed by atoms with Crippen molar-refractivity contribution in [3.05, 3.63) is 23.8 Å². The molecule has 100 valence electrons. The SMILES string of the molecule is Cc1ccc2nc(NC(=O)C3CNCCO3)sc2c1. The maximum absolute atomic E-state index is 12.0. The monoisotopic (exact) mass is 277 g/mol. The fraction of sp³-hybridized carbons (Fsp3) is 0.385. The van der Waals surface area contributed by atoms with Gasteiger partial charge in [-0.3, -0.25) is 10.1 Å². The van der Waals surface area contributed by atoms with Gasteiger partial charge in [0.15, 0.2) is 5.13 Å². The summed E-state index contributed by atoms with van der Waals surface area (Å²) in [4.78, 5) is 16.4. The van der Waals surface area contributed by atoms with Crippen LogP contribution in [0.3, 0.4) is 0 Å². The van der Waals surface area contributed by atoms with E-state index in [0.717, 1.165) is 16.8 Å². The van der Waals surface area contributed by atoms with E-state index in [1.807, 2.05) is 19.1 Å². The molecule has 1 saturated heterocycles. The van der Waals surface area contributed by atoms with Crippen molar-refractivity contribution >= 4 is 32.6 Å². The van der Waals surface area contributed by atoms with Crippen LogP contribution in [0, 0.1) is 6.92 Å². The van der Waals surface area contributed by atoms with Gasteiger partial charge in [0.2, 0.25) is 0 Å². The summed E-state index contributed by atoms with van der Waals surface area (Å²) in [6.45, 7) is 3.95. The lowest BCUT2D eigenvalue weighted by atomic mass is 10.2. The second-order valence-corrected chi connectivity index (χ2v) is 5.57. The summed E-state index contributed by atoms with van der Waals surface area (Å²) in [6, 6.07) is 6.05. The first-order valence-corrected chi connectivity index (χ1v) is 7.04. The van der Waals surface area contributed by atoms with Crippen LogP contribution in [0.15, 0.2) is 18.2 Å². The molecule has 19 heavy (non-hydrogen) atoms. The summed E-state index contributed by atoms with van der Waals surface area (Å²) >= 11 is 1.48. The molecule has 0 spiro atoms. The highest BCUT2D eigenvalue weighted by Crippen LogP contribution is 2.26. The molecule has 1 unspecified atom stereocenters. The number of ether oxygens (including phenoxy) is 1. The first-order valence-electron chi connectivity index (χ1n) is 6.23. The third kappa shape index (κ3) is 2.75. The first-order chi connectivity index (χ1) is 9.22. The van der Waals surface area contributed by atoms with E-state index in [4.69, 9.17) is 4.74 Å². The van der Waals surface area contributed by atoms with E-state index in [2.05, 4.69) is 21.7 Å². The lowest BCUT2D eigenvalue weighted by Crippen LogP contribution is -2.45. The number of carbonyl (C=O) groups is 1. The quantitative estimate of drug-likeness (QED) is 0.874. The van der Waals surface area contributed by atoms with Crippen LogP contribution in [0.5, 0.6) is 0 Å². The number of nitrogens with zero attached hydrogens (tertiary/aromatic N) is 1. The van der Waals surface area contributed by atoms with E-state index in [1.165, 1.54) is 16.9 Å². The molecule has 1 amide bonds. The van der Waals surface area contributed by atoms with Gasteiger partial charge in [0.1, 0.15) is 6.10 Å². The van der Waals surface area contributed by atoms with Crippen molar-refractivity contribution < 1.29 is 9.53 Å². The third-order valence-corrected chi connectivity index (χ3v) is 3.93. The average molecular weight is 277 g/mol. The molecule has 0 bridgehead atoms. The van der Waals surface area contributed by atoms with E-state index in [-0.39, 0.29) is 5.91 Å². The molecule has 2 aromatic rings. The zero-order valence-corrected chi connectivity index (χ0v) is 11.4. The Hall–Kier alpha value is -1.50. The fourth-order valence-corrected chi connectivity index (χ4v) is 2.97. The Kier molecular flexibility index (Phi) is 3.46. The van der Waals surface area contributed by atoms with Crippen LogP contribution in [0.2, 0.25) is 0 Å². The van der Waals surface area contributed by atoms with Crippen molar-refractivity contribution in [2.24, 2.45) is 0 Å². The minimum absolute atomic E-state index is 0.136. The number of benzene rings is 1. The molecule has 1 aromatic carbocycles. The molecule has 5 nitrogen and oxygen atoms in total. The van der Waals surface area contributed by atoms with Crippen LogP contribution >= 0.6 is 11.3 Å². The number of fused-ring (bicyclic) bond motifs is 1. The van der Waals surface area contributed by atoms with Crippen LogP contribution < -0.4 is 10.6 Å². The van der Waals surface area contributed by atoms with Gasteiger partial charge in [0.25, 0.3) is 5.91 Å². The topological polar surface area (TPSA) is 63.2 Å². The van der Waals surface area contributed by atoms with Crippen molar-refractivity contribution in [3.63, 3.8) is 0 Å². The van der Waals surface area contributed by atoms with Crippen molar-refractivity contribution in [1.29, 1.82) is 0 Å². The summed E-state index contributed by atoms with van der Waals surface area (Å²) in [6.07, 6.45) is -0.428. The van der Waals surface area contributed by atoms with Crippen LogP contribution in [-0.4, -0.2) is 36.7 Å². The first kappa shape index (κ1) is 12.5. The van der Waals surface area contributed by atoms with E-state index in [1.54, 1.807) is 0 Å². The highest BCUT2D eigenvalue weighted by molar-refractivity contribution is 7.22. The molecule has 1 aliphatic rings. The predicted molar refractivity (Wildman–Crippen MR) is 75.6 cm³/mol. The molecule has 0 saturated carbocycles. The minimum Gasteiger partial charge on any atom is -0.366 e. The minimum atomic E-state index is -0.428. The summed E-state index contributed by atoms with van der Waals surface area (Å²) in [5.41, 5.74) is 2.10. The highest BCUT2D eigenvalue weighted by atomic mass is 32.1. The maximum Gasteiger partial charge on any atom is 0.256 e. The predicted octanol–water partition coefficient (Wildman–Crippen LogP) is 1.53. The van der Waals surface area contributed by atoms with Crippen molar-refractivity contribution in [1.82, 2.24) is 10.3 Å². The lowest BCUT2D eigenvalue weighted by molar-refractivity contribution is -0.128. The van der Waals surface area contributed by atoms with E-state index < -0.39 is 6.10 Å². The molecule has 2 N–H and O–H groups in total. The zero-order chi connectivity index (χ0) is 13.2. The van der Waals surface area contributed by atoms with Crippen LogP contribution in [0.25, 0.3) is 10.2 Å². The highest BCUT2D eigenvalue weighted by Gasteiger charge is 2.22. The van der Waals surface area contributed by atoms with E-state index >= 15 is 0 Å². The Morgan fingerprint density at radius 2 is 2.47 bits per heavy atom. The van der Waals surface area contributed by atoms with Gasteiger partial charge in [0, 0.05) is 13.1 Å². The second kappa shape index (κ2) is 5.24. The number of morpholine rings is 1. The average Bonchev–Trinajstić information content (AvgIpc) is 2.81. The Labute approximate surface area is 115 Å². The van der Waals surface area contributed by atoms with Gasteiger partial charge in [-0.15, -0.1) is 0 Å². The van der Waals surface area contributed by atoms with Gasteiger partial charge < -0.3 is 10.1 Å². The number of carbonyl (C=O) groups excluding carboxylic acids is 1. The van der Waals surface area contributed by atoms with Gasteiger partial charge in [-0.25, -0.2) is 4.98 Å². The summed E-state index contributed by atoms with van der Waals surface area (Å²) < 4.78 is 6.49. The Balaban J connectivity index is 1.75. The van der Waals surface area contributed by atoms with Gasteiger partial charge in [-0.05, 0) is 24.6 Å². The largest absolute Gasteiger partial charge is 0.366 e. The summed E-state index contributed by atoms with van der Waals surface area (Å²) in [7, 11) is 0. The number of aryl methyl sites for hydroxylation is 1. The molecule has 1 fully saturated rings. The lowest BCUT2D eigenvalue weighted by Gasteiger charge is -2.22. The Morgan fingerprint density at radius 3 is 3.26 bits per heavy atom. The standard InChI is InChI=1S/C13H15N3O2S/c1-8-2-3-9-11(6-8)19-13(15-9)16-12(17)10-7-14-4-5-18-10/h2-3,6,10,14H,4-5,7H2,1H3,(H,15,16,17). The molecular formula is C13H15N3O2S. The molecule has 3 rings (SSSR count). The molecule has 1 aliphatic heterocycles. The van der Waals surface area contributed by atoms with Crippen molar-refractivity contribution in [2.75, 3.05) is 25.0 Å². The molecule has 0 radical (unpaired) electrons. The number of hydrogen-bond acceptors (Lipinski definition) is 5. The smallest absolute Gasteiger partial charge is 0.256 e. The van der Waals surface area contributed by atoms with Crippen molar-refractivity contribution in [3.8, 4) is 0 Å². The van der Waals surface area contributed by atoms with E-state index in [9.17, 15) is 4.79 Å². The van der Waals surface area contributed by atoms with Crippen LogP contribution in [0.4, 0.5) is 5.13 Å². The molecule has 6 heteroatoms. The Bertz CT molecular complexity index is 605. The molecule has 2 heterocycles. The zero-order valence-electron chi connectivity index (χ0n) is 10.6.